The van der Waals surface area contributed by atoms with E-state index in [1.54, 1.807) is 11.3 Å². The molecular weight excluding hydrogens is 158 g/mol. The van der Waals surface area contributed by atoms with Crippen LogP contribution in [0.2, 0.25) is 0 Å². The number of carbonyl (C=O) groups is 1. The summed E-state index contributed by atoms with van der Waals surface area (Å²) in [6.07, 6.45) is 1.76. The topological polar surface area (TPSA) is 29.1 Å². The van der Waals surface area contributed by atoms with Crippen molar-refractivity contribution in [1.29, 1.82) is 0 Å². The summed E-state index contributed by atoms with van der Waals surface area (Å²) in [7, 11) is 0. The third-order valence-corrected chi connectivity index (χ3v) is 1.96. The van der Waals surface area contributed by atoms with Crippen LogP contribution >= 0.6 is 11.3 Å². The fourth-order valence-corrected chi connectivity index (χ4v) is 1.25. The molecule has 0 spiro atoms. The van der Waals surface area contributed by atoms with E-state index >= 15 is 0 Å². The maximum atomic E-state index is 10.1. The Hall–Kier alpha value is -0.830. The predicted octanol–water partition coefficient (Wildman–Crippen LogP) is 1.64. The second kappa shape index (κ2) is 4.91. The molecule has 1 aromatic heterocycles. The van der Waals surface area contributed by atoms with Crippen LogP contribution < -0.4 is 5.32 Å². The third-order valence-electron chi connectivity index (χ3n) is 1.33. The van der Waals surface area contributed by atoms with Crippen LogP contribution in [0.4, 0.5) is 0 Å². The van der Waals surface area contributed by atoms with Gasteiger partial charge >= 0.3 is 0 Å². The van der Waals surface area contributed by atoms with Crippen LogP contribution in [0.15, 0.2) is 22.9 Å². The van der Waals surface area contributed by atoms with E-state index in [1.165, 1.54) is 0 Å². The first-order valence-electron chi connectivity index (χ1n) is 3.63. The normalized spacial score (nSPS) is 15.1. The first-order chi connectivity index (χ1) is 5.39. The number of thiophene rings is 1. The Balaban J connectivity index is 0.000000112. The van der Waals surface area contributed by atoms with Gasteiger partial charge in [-0.2, -0.15) is 11.3 Å². The van der Waals surface area contributed by atoms with E-state index in [0.717, 1.165) is 19.4 Å². The molecule has 2 nitrogen and oxygen atoms in total. The number of rotatable bonds is 0. The molecule has 1 aromatic rings. The number of carbonyl (C=O) groups excluding carboxylic acids is 1. The molecule has 0 saturated carbocycles. The molecule has 1 fully saturated rings. The highest BCUT2D eigenvalue weighted by molar-refractivity contribution is 7.07. The van der Waals surface area contributed by atoms with Gasteiger partial charge in [-0.15, -0.1) is 0 Å². The largest absolute Gasteiger partial charge is 0.356 e. The molecule has 0 aromatic carbocycles. The maximum Gasteiger partial charge on any atom is 0.220 e. The van der Waals surface area contributed by atoms with Crippen LogP contribution in [0.1, 0.15) is 12.8 Å². The number of hydrogen-bond acceptors (Lipinski definition) is 2. The summed E-state index contributed by atoms with van der Waals surface area (Å²) in [4.78, 5) is 10.1. The Labute approximate surface area is 70.2 Å². The SMILES string of the molecule is O=C1CCCN1.c1ccsc1. The van der Waals surface area contributed by atoms with Gasteiger partial charge in [-0.3, -0.25) is 4.79 Å². The van der Waals surface area contributed by atoms with E-state index in [4.69, 9.17) is 0 Å². The molecule has 60 valence electrons. The van der Waals surface area contributed by atoms with Crippen molar-refractivity contribution in [2.75, 3.05) is 6.54 Å². The zero-order chi connectivity index (χ0) is 7.94. The highest BCUT2D eigenvalue weighted by Gasteiger charge is 2.05. The Bertz CT molecular complexity index is 171. The van der Waals surface area contributed by atoms with E-state index in [0.29, 0.717) is 0 Å². The molecule has 3 heteroatoms. The zero-order valence-electron chi connectivity index (χ0n) is 6.25. The van der Waals surface area contributed by atoms with Crippen molar-refractivity contribution >= 4 is 17.2 Å². The average Bonchev–Trinajstić information content (AvgIpc) is 2.57. The molecule has 0 radical (unpaired) electrons. The fraction of sp³-hybridized carbons (Fsp3) is 0.375. The number of nitrogens with one attached hydrogen (secondary N) is 1. The molecule has 1 saturated heterocycles. The highest BCUT2D eigenvalue weighted by atomic mass is 32.1. The van der Waals surface area contributed by atoms with Gasteiger partial charge in [-0.1, -0.05) is 12.1 Å². The summed E-state index contributed by atoms with van der Waals surface area (Å²) < 4.78 is 0. The minimum Gasteiger partial charge on any atom is -0.356 e. The summed E-state index contributed by atoms with van der Waals surface area (Å²) in [6, 6.07) is 4.04. The van der Waals surface area contributed by atoms with E-state index < -0.39 is 0 Å². The summed E-state index contributed by atoms with van der Waals surface area (Å²) >= 11 is 1.71. The van der Waals surface area contributed by atoms with Gasteiger partial charge < -0.3 is 5.32 Å². The van der Waals surface area contributed by atoms with Crippen LogP contribution in [0, 0.1) is 0 Å². The van der Waals surface area contributed by atoms with Gasteiger partial charge in [0.1, 0.15) is 0 Å². The number of amides is 1. The summed E-state index contributed by atoms with van der Waals surface area (Å²) in [6.45, 7) is 0.888. The van der Waals surface area contributed by atoms with E-state index in [1.807, 2.05) is 22.9 Å². The molecule has 2 rings (SSSR count). The van der Waals surface area contributed by atoms with Crippen molar-refractivity contribution in [1.82, 2.24) is 5.32 Å². The lowest BCUT2D eigenvalue weighted by atomic mass is 10.4. The second-order valence-electron chi connectivity index (χ2n) is 2.25. The lowest BCUT2D eigenvalue weighted by Crippen LogP contribution is -2.12. The molecule has 0 bridgehead atoms. The Morgan fingerprint density at radius 3 is 2.27 bits per heavy atom. The second-order valence-corrected chi connectivity index (χ2v) is 3.06. The van der Waals surface area contributed by atoms with Gasteiger partial charge in [0.2, 0.25) is 5.91 Å². The van der Waals surface area contributed by atoms with Gasteiger partial charge in [-0.25, -0.2) is 0 Å². The molecular formula is C8H11NOS. The monoisotopic (exact) mass is 169 g/mol. The average molecular weight is 169 g/mol. The molecule has 11 heavy (non-hydrogen) atoms. The van der Waals surface area contributed by atoms with Gasteiger partial charge in [-0.05, 0) is 17.2 Å². The molecule has 1 N–H and O–H groups in total. The first kappa shape index (κ1) is 8.27. The quantitative estimate of drug-likeness (QED) is 0.628. The molecule has 2 heterocycles. The van der Waals surface area contributed by atoms with Crippen LogP contribution in [-0.4, -0.2) is 12.5 Å². The van der Waals surface area contributed by atoms with Crippen LogP contribution in [0.25, 0.3) is 0 Å². The first-order valence-corrected chi connectivity index (χ1v) is 4.58. The van der Waals surface area contributed by atoms with Crippen molar-refractivity contribution in [3.8, 4) is 0 Å². The van der Waals surface area contributed by atoms with Crippen LogP contribution in [0.5, 0.6) is 0 Å². The smallest absolute Gasteiger partial charge is 0.220 e. The fourth-order valence-electron chi connectivity index (χ4n) is 0.792. The van der Waals surface area contributed by atoms with Gasteiger partial charge in [0.05, 0.1) is 0 Å². The Morgan fingerprint density at radius 2 is 2.09 bits per heavy atom. The lowest BCUT2D eigenvalue weighted by Gasteiger charge is -1.80. The van der Waals surface area contributed by atoms with Crippen molar-refractivity contribution in [2.24, 2.45) is 0 Å². The molecule has 0 aliphatic carbocycles. The lowest BCUT2D eigenvalue weighted by molar-refractivity contribution is -0.119. The van der Waals surface area contributed by atoms with E-state index in [-0.39, 0.29) is 5.91 Å². The van der Waals surface area contributed by atoms with Crippen LogP contribution in [0.3, 0.4) is 0 Å². The molecule has 0 unspecified atom stereocenters. The minimum atomic E-state index is 0.204. The molecule has 1 aliphatic rings. The van der Waals surface area contributed by atoms with Crippen LogP contribution in [-0.2, 0) is 4.79 Å². The summed E-state index contributed by atoms with van der Waals surface area (Å²) in [5.41, 5.74) is 0. The van der Waals surface area contributed by atoms with Gasteiger partial charge in [0.15, 0.2) is 0 Å². The molecule has 0 atom stereocenters. The Morgan fingerprint density at radius 1 is 1.36 bits per heavy atom. The van der Waals surface area contributed by atoms with Gasteiger partial charge in [0.25, 0.3) is 0 Å². The van der Waals surface area contributed by atoms with Crippen molar-refractivity contribution in [3.63, 3.8) is 0 Å². The standard InChI is InChI=1S/C4H7NO.C4H4S/c6-4-2-1-3-5-4;1-2-4-5-3-1/h1-3H2,(H,5,6);1-4H. The van der Waals surface area contributed by atoms with E-state index in [2.05, 4.69) is 5.32 Å². The van der Waals surface area contributed by atoms with Gasteiger partial charge in [0, 0.05) is 13.0 Å². The highest BCUT2D eigenvalue weighted by Crippen LogP contribution is 1.93. The van der Waals surface area contributed by atoms with Crippen molar-refractivity contribution in [3.05, 3.63) is 22.9 Å². The third kappa shape index (κ3) is 3.78. The van der Waals surface area contributed by atoms with Crippen molar-refractivity contribution in [2.45, 2.75) is 12.8 Å². The molecule has 1 amide bonds. The maximum absolute atomic E-state index is 10.1. The minimum absolute atomic E-state index is 0.204. The Kier molecular flexibility index (Phi) is 3.69. The van der Waals surface area contributed by atoms with Crippen molar-refractivity contribution < 1.29 is 4.79 Å². The summed E-state index contributed by atoms with van der Waals surface area (Å²) in [5, 5.41) is 6.76. The predicted molar refractivity (Wildman–Crippen MR) is 46.6 cm³/mol. The van der Waals surface area contributed by atoms with E-state index in [9.17, 15) is 4.79 Å². The number of hydrogen-bond donors (Lipinski definition) is 1. The summed E-state index contributed by atoms with van der Waals surface area (Å²) in [5.74, 6) is 0.204. The molecule has 1 aliphatic heterocycles. The zero-order valence-corrected chi connectivity index (χ0v) is 7.06.